The normalized spacial score (nSPS) is 13.7. The molecule has 0 heterocycles. The van der Waals surface area contributed by atoms with E-state index in [1.165, 1.54) is 0 Å². The average molecular weight is 388 g/mol. The van der Waals surface area contributed by atoms with Gasteiger partial charge in [-0.25, -0.2) is 4.79 Å². The van der Waals surface area contributed by atoms with Crippen LogP contribution < -0.4 is 16.4 Å². The Morgan fingerprint density at radius 3 is 2.25 bits per heavy atom. The van der Waals surface area contributed by atoms with Crippen molar-refractivity contribution in [2.24, 2.45) is 17.6 Å². The highest BCUT2D eigenvalue weighted by Crippen LogP contribution is 2.09. The second-order valence-electron chi connectivity index (χ2n) is 7.12. The molecule has 0 saturated carbocycles. The minimum absolute atomic E-state index is 0.0757. The number of alkyl carbamates (subject to hydrolysis) is 1. The van der Waals surface area contributed by atoms with Crippen molar-refractivity contribution in [1.29, 1.82) is 5.26 Å². The van der Waals surface area contributed by atoms with Crippen molar-refractivity contribution in [3.63, 3.8) is 0 Å². The van der Waals surface area contributed by atoms with Gasteiger partial charge in [0.1, 0.15) is 18.7 Å². The molecular weight excluding hydrogens is 360 g/mol. The lowest BCUT2D eigenvalue weighted by Gasteiger charge is -2.23. The lowest BCUT2D eigenvalue weighted by Crippen LogP contribution is -2.53. The second kappa shape index (κ2) is 11.6. The third-order valence-corrected chi connectivity index (χ3v) is 4.00. The van der Waals surface area contributed by atoms with Crippen LogP contribution in [0.15, 0.2) is 30.3 Å². The smallest absolute Gasteiger partial charge is 0.408 e. The Morgan fingerprint density at radius 2 is 1.71 bits per heavy atom. The van der Waals surface area contributed by atoms with E-state index in [0.717, 1.165) is 5.56 Å². The Kier molecular flexibility index (Phi) is 9.51. The molecule has 0 aliphatic rings. The van der Waals surface area contributed by atoms with E-state index in [0.29, 0.717) is 6.42 Å². The molecule has 1 aromatic carbocycles. The van der Waals surface area contributed by atoms with E-state index in [2.05, 4.69) is 10.6 Å². The number of nitrogens with two attached hydrogens (primary N) is 1. The van der Waals surface area contributed by atoms with Crippen molar-refractivity contribution >= 4 is 17.9 Å². The number of ether oxygens (including phenoxy) is 1. The number of benzene rings is 1. The van der Waals surface area contributed by atoms with Gasteiger partial charge in [-0.2, -0.15) is 5.26 Å². The van der Waals surface area contributed by atoms with Gasteiger partial charge >= 0.3 is 6.09 Å². The SMILES string of the molecule is CC(C)C[C@H](NC(=O)OCc1ccccc1)C(=O)N[C@@H](C[C@@H](C)C#N)C(N)=O. The highest BCUT2D eigenvalue weighted by atomic mass is 16.5. The first-order valence-corrected chi connectivity index (χ1v) is 9.19. The fourth-order valence-corrected chi connectivity index (χ4v) is 2.53. The number of rotatable bonds is 10. The van der Waals surface area contributed by atoms with E-state index >= 15 is 0 Å². The van der Waals surface area contributed by atoms with Gasteiger partial charge in [0.15, 0.2) is 0 Å². The summed E-state index contributed by atoms with van der Waals surface area (Å²) >= 11 is 0. The molecule has 8 heteroatoms. The second-order valence-corrected chi connectivity index (χ2v) is 7.12. The van der Waals surface area contributed by atoms with Crippen LogP contribution in [-0.2, 0) is 20.9 Å². The minimum atomic E-state index is -0.987. The largest absolute Gasteiger partial charge is 0.445 e. The van der Waals surface area contributed by atoms with Gasteiger partial charge in [-0.15, -0.1) is 0 Å². The van der Waals surface area contributed by atoms with Crippen LogP contribution >= 0.6 is 0 Å². The zero-order chi connectivity index (χ0) is 21.1. The van der Waals surface area contributed by atoms with Gasteiger partial charge in [-0.05, 0) is 31.2 Å². The van der Waals surface area contributed by atoms with E-state index < -0.39 is 35.9 Å². The van der Waals surface area contributed by atoms with Crippen LogP contribution in [0.3, 0.4) is 0 Å². The van der Waals surface area contributed by atoms with Gasteiger partial charge in [0, 0.05) is 5.92 Å². The van der Waals surface area contributed by atoms with Gasteiger partial charge in [0.2, 0.25) is 11.8 Å². The summed E-state index contributed by atoms with van der Waals surface area (Å²) in [4.78, 5) is 36.3. The third-order valence-electron chi connectivity index (χ3n) is 4.00. The van der Waals surface area contributed by atoms with E-state index in [9.17, 15) is 14.4 Å². The maximum absolute atomic E-state index is 12.6. The Morgan fingerprint density at radius 1 is 1.07 bits per heavy atom. The maximum Gasteiger partial charge on any atom is 0.408 e. The summed E-state index contributed by atoms with van der Waals surface area (Å²) in [5, 5.41) is 14.0. The number of amides is 3. The first kappa shape index (κ1) is 23.0. The quantitative estimate of drug-likeness (QED) is 0.562. The number of nitriles is 1. The molecule has 0 radical (unpaired) electrons. The molecule has 4 N–H and O–H groups in total. The summed E-state index contributed by atoms with van der Waals surface area (Å²) in [5.41, 5.74) is 6.15. The van der Waals surface area contributed by atoms with Crippen molar-refractivity contribution in [1.82, 2.24) is 10.6 Å². The third kappa shape index (κ3) is 8.54. The number of primary amides is 1. The summed E-state index contributed by atoms with van der Waals surface area (Å²) in [7, 11) is 0. The lowest BCUT2D eigenvalue weighted by atomic mass is 10.00. The highest BCUT2D eigenvalue weighted by molar-refractivity contribution is 5.90. The highest BCUT2D eigenvalue weighted by Gasteiger charge is 2.27. The molecule has 28 heavy (non-hydrogen) atoms. The van der Waals surface area contributed by atoms with Gasteiger partial charge in [-0.1, -0.05) is 44.2 Å². The van der Waals surface area contributed by atoms with Crippen LogP contribution in [0.5, 0.6) is 0 Å². The van der Waals surface area contributed by atoms with Crippen LogP contribution in [0.25, 0.3) is 0 Å². The molecule has 0 aromatic heterocycles. The zero-order valence-corrected chi connectivity index (χ0v) is 16.5. The number of nitrogens with one attached hydrogen (secondary N) is 2. The van der Waals surface area contributed by atoms with Gasteiger partial charge in [0.25, 0.3) is 0 Å². The number of carbonyl (C=O) groups excluding carboxylic acids is 3. The molecule has 3 amide bonds. The van der Waals surface area contributed by atoms with Crippen molar-refractivity contribution in [2.45, 2.75) is 52.3 Å². The van der Waals surface area contributed by atoms with Crippen molar-refractivity contribution in [3.8, 4) is 6.07 Å². The van der Waals surface area contributed by atoms with E-state index in [1.807, 2.05) is 50.2 Å². The Bertz CT molecular complexity index is 700. The molecule has 0 unspecified atom stereocenters. The zero-order valence-electron chi connectivity index (χ0n) is 16.5. The van der Waals surface area contributed by atoms with E-state index in [4.69, 9.17) is 15.7 Å². The monoisotopic (exact) mass is 388 g/mol. The molecule has 1 rings (SSSR count). The summed E-state index contributed by atoms with van der Waals surface area (Å²) in [6.07, 6.45) is -0.277. The molecule has 0 aliphatic heterocycles. The Balaban J connectivity index is 2.71. The summed E-state index contributed by atoms with van der Waals surface area (Å²) < 4.78 is 5.16. The minimum Gasteiger partial charge on any atom is -0.445 e. The first-order valence-electron chi connectivity index (χ1n) is 9.19. The molecule has 0 bridgehead atoms. The Labute approximate surface area is 165 Å². The van der Waals surface area contributed by atoms with Crippen molar-refractivity contribution < 1.29 is 19.1 Å². The van der Waals surface area contributed by atoms with Crippen LogP contribution in [-0.4, -0.2) is 30.0 Å². The molecule has 0 fully saturated rings. The van der Waals surface area contributed by atoms with Crippen LogP contribution in [0.1, 0.15) is 39.2 Å². The summed E-state index contributed by atoms with van der Waals surface area (Å²) in [5.74, 6) is -1.62. The molecule has 152 valence electrons. The average Bonchev–Trinajstić information content (AvgIpc) is 2.65. The summed E-state index contributed by atoms with van der Waals surface area (Å²) in [6, 6.07) is 9.28. The van der Waals surface area contributed by atoms with Crippen molar-refractivity contribution in [2.75, 3.05) is 0 Å². The number of carbonyl (C=O) groups is 3. The van der Waals surface area contributed by atoms with Gasteiger partial charge in [-0.3, -0.25) is 9.59 Å². The Hall–Kier alpha value is -3.08. The fraction of sp³-hybridized carbons (Fsp3) is 0.500. The summed E-state index contributed by atoms with van der Waals surface area (Å²) in [6.45, 7) is 5.51. The number of hydrogen-bond donors (Lipinski definition) is 3. The standard InChI is InChI=1S/C20H28N4O4/c1-13(2)9-17(19(26)23-16(18(22)25)10-14(3)11-21)24-20(27)28-12-15-7-5-4-6-8-15/h4-8,13-14,16-17H,9-10,12H2,1-3H3,(H2,22,25)(H,23,26)(H,24,27)/t14-,16+,17+/m1/s1. The lowest BCUT2D eigenvalue weighted by molar-refractivity contribution is -0.129. The molecule has 1 aromatic rings. The molecule has 0 spiro atoms. The van der Waals surface area contributed by atoms with Crippen LogP contribution in [0, 0.1) is 23.2 Å². The number of nitrogens with zero attached hydrogens (tertiary/aromatic N) is 1. The van der Waals surface area contributed by atoms with Gasteiger partial charge in [0.05, 0.1) is 6.07 Å². The van der Waals surface area contributed by atoms with Gasteiger partial charge < -0.3 is 21.1 Å². The van der Waals surface area contributed by atoms with E-state index in [-0.39, 0.29) is 18.9 Å². The molecule has 3 atom stereocenters. The van der Waals surface area contributed by atoms with Crippen LogP contribution in [0.4, 0.5) is 4.79 Å². The van der Waals surface area contributed by atoms with Crippen LogP contribution in [0.2, 0.25) is 0 Å². The molecule has 0 saturated heterocycles. The first-order chi connectivity index (χ1) is 13.2. The molecular formula is C20H28N4O4. The fourth-order valence-electron chi connectivity index (χ4n) is 2.53. The number of hydrogen-bond acceptors (Lipinski definition) is 5. The predicted molar refractivity (Wildman–Crippen MR) is 104 cm³/mol. The predicted octanol–water partition coefficient (Wildman–Crippen LogP) is 1.85. The van der Waals surface area contributed by atoms with E-state index in [1.54, 1.807) is 6.92 Å². The molecule has 0 aliphatic carbocycles. The van der Waals surface area contributed by atoms with Crippen molar-refractivity contribution in [3.05, 3.63) is 35.9 Å². The topological polar surface area (TPSA) is 134 Å². The maximum atomic E-state index is 12.6. The molecule has 8 nitrogen and oxygen atoms in total.